The number of nitrogens with two attached hydrogens (primary N) is 1. The van der Waals surface area contributed by atoms with Crippen LogP contribution in [0.4, 0.5) is 0 Å². The first kappa shape index (κ1) is 14.7. The molecule has 1 unspecified atom stereocenters. The molecule has 0 aliphatic heterocycles. The maximum absolute atomic E-state index is 11.8. The summed E-state index contributed by atoms with van der Waals surface area (Å²) in [5.74, 6) is -0.378. The molecule has 1 atom stereocenters. The number of Topliss-reactive ketones (excluding diaryl/α,β-unsaturated/α-hetero) is 1. The average molecular weight is 486 g/mol. The summed E-state index contributed by atoms with van der Waals surface area (Å²) in [6, 6.07) is 8.46. The van der Waals surface area contributed by atoms with E-state index in [4.69, 9.17) is 43.4 Å². The number of hydrogen-bond acceptors (Lipinski definition) is 3. The van der Waals surface area contributed by atoms with Crippen molar-refractivity contribution in [1.29, 1.82) is 0 Å². The van der Waals surface area contributed by atoms with Crippen LogP contribution in [-0.4, -0.2) is 11.9 Å². The molecule has 8 heteroatoms. The van der Waals surface area contributed by atoms with E-state index in [1.54, 1.807) is 30.3 Å². The molecule has 0 heterocycles. The Bertz CT molecular complexity index is 383. The van der Waals surface area contributed by atoms with Crippen molar-refractivity contribution < 1.29 is 15.7 Å². The molecule has 0 spiro atoms. The number of carbonyl (C=O) groups excluding carboxylic acids is 1. The van der Waals surface area contributed by atoms with Crippen molar-refractivity contribution in [2.45, 2.75) is 6.17 Å². The molecule has 0 aromatic heterocycles. The SMILES string of the molecule is NC([NH][Pt]([Cl])([Cl])([Cl])[Cl])C(=O)c1ccccc1. The van der Waals surface area contributed by atoms with Gasteiger partial charge in [0.15, 0.2) is 0 Å². The third-order valence-corrected chi connectivity index (χ3v) is 5.53. The van der Waals surface area contributed by atoms with Crippen LogP contribution in [0.2, 0.25) is 0 Å². The van der Waals surface area contributed by atoms with Gasteiger partial charge in [0.1, 0.15) is 0 Å². The molecule has 0 saturated carbocycles. The van der Waals surface area contributed by atoms with Gasteiger partial charge in [0.25, 0.3) is 0 Å². The number of carbonyl (C=O) groups is 1. The molecule has 0 bridgehead atoms. The summed E-state index contributed by atoms with van der Waals surface area (Å²) in [4.78, 5) is 11.8. The minimum atomic E-state index is -4.68. The molecule has 16 heavy (non-hydrogen) atoms. The monoisotopic (exact) mass is 484 g/mol. The van der Waals surface area contributed by atoms with Gasteiger partial charge in [0.05, 0.1) is 0 Å². The van der Waals surface area contributed by atoms with Gasteiger partial charge in [-0.15, -0.1) is 0 Å². The molecule has 3 N–H and O–H groups in total. The van der Waals surface area contributed by atoms with E-state index in [-0.39, 0.29) is 5.78 Å². The van der Waals surface area contributed by atoms with E-state index in [2.05, 4.69) is 3.88 Å². The number of hydrogen-bond donors (Lipinski definition) is 2. The molecule has 0 amide bonds. The zero-order valence-electron chi connectivity index (χ0n) is 7.78. The zero-order valence-corrected chi connectivity index (χ0v) is 13.1. The van der Waals surface area contributed by atoms with Crippen LogP contribution in [0.3, 0.4) is 0 Å². The fraction of sp³-hybridized carbons (Fsp3) is 0.125. The summed E-state index contributed by atoms with van der Waals surface area (Å²) in [7, 11) is 17.9. The van der Waals surface area contributed by atoms with Crippen LogP contribution in [0, 0.1) is 0 Å². The molecule has 95 valence electrons. The quantitative estimate of drug-likeness (QED) is 0.509. The van der Waals surface area contributed by atoms with E-state index >= 15 is 0 Å². The van der Waals surface area contributed by atoms with Crippen LogP contribution in [0.15, 0.2) is 30.3 Å². The molecule has 1 aromatic carbocycles. The van der Waals surface area contributed by atoms with Crippen molar-refractivity contribution in [2.75, 3.05) is 0 Å². The van der Waals surface area contributed by atoms with E-state index < -0.39 is 17.1 Å². The van der Waals surface area contributed by atoms with Crippen LogP contribution in [0.25, 0.3) is 0 Å². The minimum absolute atomic E-state index is 0.378. The van der Waals surface area contributed by atoms with Gasteiger partial charge in [-0.25, -0.2) is 0 Å². The number of benzene rings is 1. The molecule has 0 saturated heterocycles. The van der Waals surface area contributed by atoms with Gasteiger partial charge in [-0.3, -0.25) is 0 Å². The van der Waals surface area contributed by atoms with Gasteiger partial charge < -0.3 is 0 Å². The second-order valence-electron chi connectivity index (χ2n) is 2.81. The maximum atomic E-state index is 11.8. The van der Waals surface area contributed by atoms with E-state index in [1.807, 2.05) is 0 Å². The van der Waals surface area contributed by atoms with E-state index in [0.717, 1.165) is 0 Å². The zero-order chi connectivity index (χ0) is 12.4. The number of halogens is 4. The van der Waals surface area contributed by atoms with Crippen LogP contribution in [0.5, 0.6) is 0 Å². The molecule has 0 aliphatic carbocycles. The predicted octanol–water partition coefficient (Wildman–Crippen LogP) is 2.96. The van der Waals surface area contributed by atoms with Gasteiger partial charge in [0.2, 0.25) is 0 Å². The second-order valence-corrected chi connectivity index (χ2v) is 28.8. The van der Waals surface area contributed by atoms with Crippen molar-refractivity contribution in [3.8, 4) is 0 Å². The van der Waals surface area contributed by atoms with Crippen molar-refractivity contribution in [3.63, 3.8) is 0 Å². The Labute approximate surface area is 110 Å². The summed E-state index contributed by atoms with van der Waals surface area (Å²) >= 11 is 0. The second kappa shape index (κ2) is 5.11. The number of nitrogens with one attached hydrogen (secondary N) is 1. The fourth-order valence-corrected chi connectivity index (χ4v) is 4.77. The fourth-order valence-electron chi connectivity index (χ4n) is 0.972. The Kier molecular flexibility index (Phi) is 4.70. The van der Waals surface area contributed by atoms with Crippen molar-refractivity contribution in [1.82, 2.24) is 3.88 Å². The normalized spacial score (nSPS) is 16.2. The third kappa shape index (κ3) is 5.33. The first-order valence-corrected chi connectivity index (χ1v) is 16.3. The molecule has 3 nitrogen and oxygen atoms in total. The summed E-state index contributed by atoms with van der Waals surface area (Å²) in [6.45, 7) is 0. The van der Waals surface area contributed by atoms with Crippen LogP contribution >= 0.6 is 37.7 Å². The number of rotatable bonds is 4. The Morgan fingerprint density at radius 1 is 1.19 bits per heavy atom. The van der Waals surface area contributed by atoms with Gasteiger partial charge in [-0.05, 0) is 0 Å². The molecule has 1 rings (SSSR count). The van der Waals surface area contributed by atoms with Gasteiger partial charge >= 0.3 is 111 Å². The van der Waals surface area contributed by atoms with Crippen molar-refractivity contribution in [3.05, 3.63) is 35.9 Å². The summed E-state index contributed by atoms with van der Waals surface area (Å²) in [5.41, 5.74) is 6.00. The molecule has 0 radical (unpaired) electrons. The number of ketones is 1. The topological polar surface area (TPSA) is 55.1 Å². The van der Waals surface area contributed by atoms with Crippen molar-refractivity contribution in [2.24, 2.45) is 5.73 Å². The summed E-state index contributed by atoms with van der Waals surface area (Å²) in [6.07, 6.45) is -1.12. The Balaban J connectivity index is 2.77. The van der Waals surface area contributed by atoms with Gasteiger partial charge in [-0.1, -0.05) is 0 Å². The van der Waals surface area contributed by atoms with Crippen LogP contribution in [0.1, 0.15) is 10.4 Å². The van der Waals surface area contributed by atoms with Crippen LogP contribution < -0.4 is 9.61 Å². The Hall–Kier alpha value is 0.658. The Morgan fingerprint density at radius 2 is 1.69 bits per heavy atom. The van der Waals surface area contributed by atoms with E-state index in [0.29, 0.717) is 5.56 Å². The summed E-state index contributed by atoms with van der Waals surface area (Å²) in [5, 5.41) is 0. The molecular weight excluding hydrogens is 477 g/mol. The predicted molar refractivity (Wildman–Crippen MR) is 65.3 cm³/mol. The first-order valence-electron chi connectivity index (χ1n) is 3.91. The van der Waals surface area contributed by atoms with Gasteiger partial charge in [-0.2, -0.15) is 0 Å². The standard InChI is InChI=1S/C8H9N2O.4ClH.Pt/c9-8(10)7(11)6-4-2-1-3-5-6;;;;;/h1-5,8-9H,10H2;4*1H;/q-1;;;;;+5/p-4. The first-order chi connectivity index (χ1) is 7.15. The molecule has 0 aliphatic rings. The van der Waals surface area contributed by atoms with Crippen LogP contribution in [-0.2, 0) is 10.9 Å². The van der Waals surface area contributed by atoms with E-state index in [1.165, 1.54) is 0 Å². The average Bonchev–Trinajstić information content (AvgIpc) is 2.14. The molecular formula is C8H9Cl4N2OPt. The molecule has 0 fully saturated rings. The summed E-state index contributed by atoms with van der Waals surface area (Å²) < 4.78 is 2.37. The van der Waals surface area contributed by atoms with E-state index in [9.17, 15) is 4.79 Å². The Morgan fingerprint density at radius 3 is 2.12 bits per heavy atom. The van der Waals surface area contributed by atoms with Crippen molar-refractivity contribution >= 4 is 43.5 Å². The van der Waals surface area contributed by atoms with Gasteiger partial charge in [0, 0.05) is 0 Å². The molecule has 1 aromatic rings. The third-order valence-electron chi connectivity index (χ3n) is 1.58.